The van der Waals surface area contributed by atoms with Gasteiger partial charge in [-0.3, -0.25) is 24.0 Å². The number of nitrogens with zero attached hydrogens (tertiary/aromatic N) is 2. The summed E-state index contributed by atoms with van der Waals surface area (Å²) in [6.07, 6.45) is 0.651. The van der Waals surface area contributed by atoms with Crippen LogP contribution in [0.2, 0.25) is 0 Å². The van der Waals surface area contributed by atoms with Gasteiger partial charge in [-0.25, -0.2) is 4.79 Å². The lowest BCUT2D eigenvalue weighted by Crippen LogP contribution is -2.42. The van der Waals surface area contributed by atoms with E-state index in [0.717, 1.165) is 3.57 Å². The molecule has 8 nitrogen and oxygen atoms in total. The number of rotatable bonds is 7. The number of nitrogens with one attached hydrogen (secondary N) is 1. The van der Waals surface area contributed by atoms with Gasteiger partial charge in [-0.1, -0.05) is 19.1 Å². The minimum atomic E-state index is -0.699. The van der Waals surface area contributed by atoms with Crippen molar-refractivity contribution in [2.24, 2.45) is 0 Å². The maximum Gasteiger partial charge on any atom is 0.330 e. The Balaban J connectivity index is 2.63. The second kappa shape index (κ2) is 8.99. The molecule has 0 aliphatic rings. The van der Waals surface area contributed by atoms with Crippen LogP contribution in [0.5, 0.6) is 0 Å². The summed E-state index contributed by atoms with van der Waals surface area (Å²) in [6.45, 7) is 2.55. The Bertz CT molecular complexity index is 906. The van der Waals surface area contributed by atoms with Crippen LogP contribution in [0.1, 0.15) is 23.7 Å². The molecule has 9 heteroatoms. The summed E-state index contributed by atoms with van der Waals surface area (Å²) in [6, 6.07) is 7.04. The number of nitrogen functional groups attached to an aromatic ring is 1. The fourth-order valence-corrected chi connectivity index (χ4v) is 3.18. The summed E-state index contributed by atoms with van der Waals surface area (Å²) in [5.41, 5.74) is 5.21. The van der Waals surface area contributed by atoms with Crippen LogP contribution in [0.15, 0.2) is 33.9 Å². The van der Waals surface area contributed by atoms with Crippen LogP contribution in [0.25, 0.3) is 0 Å². The van der Waals surface area contributed by atoms with E-state index in [4.69, 9.17) is 10.5 Å². The highest BCUT2D eigenvalue weighted by Gasteiger charge is 2.26. The number of carbonyl (C=O) groups is 1. The number of hydrogen-bond donors (Lipinski definition) is 2. The third-order valence-corrected chi connectivity index (χ3v) is 4.74. The highest BCUT2D eigenvalue weighted by molar-refractivity contribution is 14.1. The molecule has 0 spiro atoms. The number of ether oxygens (including phenoxy) is 1. The zero-order valence-corrected chi connectivity index (χ0v) is 16.8. The molecule has 2 aromatic rings. The molecule has 0 radical (unpaired) electrons. The molecule has 1 aromatic carbocycles. The Morgan fingerprint density at radius 2 is 2.04 bits per heavy atom. The first-order valence-electron chi connectivity index (χ1n) is 8.10. The molecular weight excluding hydrogens is 451 g/mol. The minimum absolute atomic E-state index is 0.0315. The second-order valence-electron chi connectivity index (χ2n) is 5.57. The molecule has 0 fully saturated rings. The first kappa shape index (κ1) is 20.2. The van der Waals surface area contributed by atoms with Gasteiger partial charge in [-0.05, 0) is 41.1 Å². The fourth-order valence-electron chi connectivity index (χ4n) is 2.56. The summed E-state index contributed by atoms with van der Waals surface area (Å²) in [7, 11) is 1.50. The van der Waals surface area contributed by atoms with Gasteiger partial charge in [0.05, 0.1) is 12.2 Å². The van der Waals surface area contributed by atoms with Crippen molar-refractivity contribution in [2.75, 3.05) is 30.9 Å². The molecule has 0 saturated heterocycles. The van der Waals surface area contributed by atoms with E-state index in [1.54, 1.807) is 18.2 Å². The Hall–Kier alpha value is -2.14. The van der Waals surface area contributed by atoms with E-state index in [1.165, 1.54) is 16.6 Å². The fraction of sp³-hybridized carbons (Fsp3) is 0.353. The van der Waals surface area contributed by atoms with E-state index in [2.05, 4.69) is 27.6 Å². The first-order valence-corrected chi connectivity index (χ1v) is 9.18. The highest BCUT2D eigenvalue weighted by atomic mass is 127. The molecule has 0 atom stereocenters. The van der Waals surface area contributed by atoms with Crippen LogP contribution in [0.4, 0.5) is 11.5 Å². The van der Waals surface area contributed by atoms with E-state index in [0.29, 0.717) is 18.5 Å². The largest absolute Gasteiger partial charge is 0.383 e. The molecule has 2 rings (SSSR count). The maximum atomic E-state index is 13.1. The van der Waals surface area contributed by atoms with Crippen molar-refractivity contribution in [1.29, 1.82) is 0 Å². The van der Waals surface area contributed by atoms with Gasteiger partial charge in [-0.2, -0.15) is 0 Å². The Morgan fingerprint density at radius 3 is 2.65 bits per heavy atom. The number of carbonyl (C=O) groups excluding carboxylic acids is 1. The number of methoxy groups -OCH3 is 1. The van der Waals surface area contributed by atoms with Gasteiger partial charge in [0.1, 0.15) is 5.82 Å². The van der Waals surface area contributed by atoms with Crippen LogP contribution in [-0.4, -0.2) is 35.7 Å². The third-order valence-electron chi connectivity index (χ3n) is 3.80. The van der Waals surface area contributed by atoms with Gasteiger partial charge >= 0.3 is 5.69 Å². The van der Waals surface area contributed by atoms with Crippen molar-refractivity contribution in [2.45, 2.75) is 19.9 Å². The van der Waals surface area contributed by atoms with E-state index in [1.807, 2.05) is 13.0 Å². The molecule has 26 heavy (non-hydrogen) atoms. The normalized spacial score (nSPS) is 10.7. The minimum Gasteiger partial charge on any atom is -0.383 e. The number of halogens is 1. The average Bonchev–Trinajstić information content (AvgIpc) is 2.61. The number of hydrogen-bond acceptors (Lipinski definition) is 5. The molecule has 0 saturated carbocycles. The van der Waals surface area contributed by atoms with Gasteiger partial charge in [-0.15, -0.1) is 0 Å². The Labute approximate surface area is 164 Å². The van der Waals surface area contributed by atoms with Crippen molar-refractivity contribution < 1.29 is 9.53 Å². The summed E-state index contributed by atoms with van der Waals surface area (Å²) in [5, 5.41) is 0. The number of benzene rings is 1. The molecule has 0 aliphatic heterocycles. The quantitative estimate of drug-likeness (QED) is 0.593. The van der Waals surface area contributed by atoms with Crippen LogP contribution in [0.3, 0.4) is 0 Å². The van der Waals surface area contributed by atoms with Crippen LogP contribution >= 0.6 is 22.6 Å². The zero-order valence-electron chi connectivity index (χ0n) is 14.6. The molecule has 1 heterocycles. The average molecular weight is 472 g/mol. The van der Waals surface area contributed by atoms with Crippen LogP contribution in [-0.2, 0) is 11.3 Å². The topological polar surface area (TPSA) is 110 Å². The van der Waals surface area contributed by atoms with Crippen LogP contribution in [0, 0.1) is 3.57 Å². The Kier molecular flexibility index (Phi) is 6.98. The van der Waals surface area contributed by atoms with Crippen LogP contribution < -0.4 is 21.9 Å². The molecule has 3 N–H and O–H groups in total. The highest BCUT2D eigenvalue weighted by Crippen LogP contribution is 2.21. The molecule has 0 unspecified atom stereocenters. The van der Waals surface area contributed by atoms with Gasteiger partial charge in [0.25, 0.3) is 11.5 Å². The summed E-state index contributed by atoms with van der Waals surface area (Å²) < 4.78 is 7.08. The molecular formula is C17H21IN4O4. The van der Waals surface area contributed by atoms with Gasteiger partial charge in [0, 0.05) is 23.8 Å². The summed E-state index contributed by atoms with van der Waals surface area (Å²) in [4.78, 5) is 41.1. The van der Waals surface area contributed by atoms with E-state index in [-0.39, 0.29) is 30.6 Å². The third kappa shape index (κ3) is 4.15. The van der Waals surface area contributed by atoms with Gasteiger partial charge < -0.3 is 10.5 Å². The lowest BCUT2D eigenvalue weighted by Gasteiger charge is -2.24. The van der Waals surface area contributed by atoms with Crippen molar-refractivity contribution in [1.82, 2.24) is 9.55 Å². The predicted molar refractivity (Wildman–Crippen MR) is 109 cm³/mol. The zero-order chi connectivity index (χ0) is 19.3. The number of H-pyrrole nitrogens is 1. The van der Waals surface area contributed by atoms with E-state index < -0.39 is 11.2 Å². The smallest absolute Gasteiger partial charge is 0.330 e. The maximum absolute atomic E-state index is 13.1. The second-order valence-corrected chi connectivity index (χ2v) is 6.74. The number of nitrogens with two attached hydrogens (primary N) is 1. The molecule has 1 amide bonds. The number of amides is 1. The lowest BCUT2D eigenvalue weighted by atomic mass is 10.2. The van der Waals surface area contributed by atoms with Crippen molar-refractivity contribution in [3.63, 3.8) is 0 Å². The standard InChI is InChI=1S/C17H21IN4O4/c1-3-8-22-14(19)13(15(23)20-17(22)25)21(9-10-26-2)16(24)11-6-4-5-7-12(11)18/h4-7H,3,8-10,19H2,1-2H3,(H,20,23,25). The number of anilines is 2. The molecule has 140 valence electrons. The first-order chi connectivity index (χ1) is 12.4. The van der Waals surface area contributed by atoms with Gasteiger partial charge in [0.2, 0.25) is 0 Å². The van der Waals surface area contributed by atoms with Crippen molar-refractivity contribution in [3.05, 3.63) is 54.2 Å². The van der Waals surface area contributed by atoms with Crippen molar-refractivity contribution in [3.8, 4) is 0 Å². The monoisotopic (exact) mass is 472 g/mol. The van der Waals surface area contributed by atoms with E-state index >= 15 is 0 Å². The molecule has 0 bridgehead atoms. The van der Waals surface area contributed by atoms with Gasteiger partial charge in [0.15, 0.2) is 5.69 Å². The van der Waals surface area contributed by atoms with E-state index in [9.17, 15) is 14.4 Å². The summed E-state index contributed by atoms with van der Waals surface area (Å²) >= 11 is 2.06. The Morgan fingerprint density at radius 1 is 1.35 bits per heavy atom. The molecule has 0 aliphatic carbocycles. The number of aromatic amines is 1. The molecule has 1 aromatic heterocycles. The summed E-state index contributed by atoms with van der Waals surface area (Å²) in [5.74, 6) is -0.415. The van der Waals surface area contributed by atoms with Crippen molar-refractivity contribution >= 4 is 40.0 Å². The number of aromatic nitrogens is 2. The SMILES string of the molecule is CCCn1c(N)c(N(CCOC)C(=O)c2ccccc2I)c(=O)[nH]c1=O. The lowest BCUT2D eigenvalue weighted by molar-refractivity contribution is 0.0974. The predicted octanol–water partition coefficient (Wildman–Crippen LogP) is 1.43.